The summed E-state index contributed by atoms with van der Waals surface area (Å²) < 4.78 is 3.19. The third kappa shape index (κ3) is 3.45. The van der Waals surface area contributed by atoms with Crippen LogP contribution in [0.1, 0.15) is 24.1 Å². The number of hydrogen-bond donors (Lipinski definition) is 1. The van der Waals surface area contributed by atoms with Gasteiger partial charge in [-0.15, -0.1) is 0 Å². The summed E-state index contributed by atoms with van der Waals surface area (Å²) in [6.07, 6.45) is 4.21. The van der Waals surface area contributed by atoms with Crippen LogP contribution in [-0.2, 0) is 13.6 Å². The highest BCUT2D eigenvalue weighted by Gasteiger charge is 2.04. The van der Waals surface area contributed by atoms with Gasteiger partial charge in [0.15, 0.2) is 0 Å². The lowest BCUT2D eigenvalue weighted by molar-refractivity contribution is 0.574. The second kappa shape index (κ2) is 5.52. The normalized spacial score (nSPS) is 12.6. The van der Waals surface area contributed by atoms with Gasteiger partial charge in [-0.2, -0.15) is 0 Å². The van der Waals surface area contributed by atoms with Gasteiger partial charge in [-0.3, -0.25) is 0 Å². The first-order chi connectivity index (χ1) is 8.15. The molecule has 1 N–H and O–H groups in total. The summed E-state index contributed by atoms with van der Waals surface area (Å²) in [4.78, 5) is 0. The Bertz CT molecular complexity index is 473. The van der Waals surface area contributed by atoms with Crippen molar-refractivity contribution in [2.45, 2.75) is 19.5 Å². The van der Waals surface area contributed by atoms with Crippen LogP contribution in [0.5, 0.6) is 0 Å². The zero-order chi connectivity index (χ0) is 12.3. The molecule has 0 aliphatic carbocycles. The van der Waals surface area contributed by atoms with Crippen LogP contribution < -0.4 is 5.32 Å². The Morgan fingerprint density at radius 2 is 1.94 bits per heavy atom. The van der Waals surface area contributed by atoms with Gasteiger partial charge in [0.2, 0.25) is 0 Å². The van der Waals surface area contributed by atoms with E-state index < -0.39 is 0 Å². The van der Waals surface area contributed by atoms with Crippen LogP contribution in [0, 0.1) is 0 Å². The zero-order valence-corrected chi connectivity index (χ0v) is 11.7. The predicted octanol–water partition coefficient (Wildman–Crippen LogP) is 3.64. The van der Waals surface area contributed by atoms with Crippen molar-refractivity contribution in [3.05, 3.63) is 58.3 Å². The third-order valence-corrected chi connectivity index (χ3v) is 3.40. The maximum atomic E-state index is 3.52. The number of nitrogens with one attached hydrogen (secondary N) is 1. The van der Waals surface area contributed by atoms with E-state index in [0.29, 0.717) is 6.04 Å². The Kier molecular flexibility index (Phi) is 4.02. The Morgan fingerprint density at radius 1 is 1.24 bits per heavy atom. The quantitative estimate of drug-likeness (QED) is 0.910. The van der Waals surface area contributed by atoms with Crippen LogP contribution in [0.25, 0.3) is 0 Å². The van der Waals surface area contributed by atoms with Crippen molar-refractivity contribution in [1.29, 1.82) is 0 Å². The molecule has 0 radical (unpaired) electrons. The van der Waals surface area contributed by atoms with Crippen molar-refractivity contribution in [3.63, 3.8) is 0 Å². The molecule has 0 amide bonds. The first-order valence-corrected chi connectivity index (χ1v) is 6.54. The minimum atomic E-state index is 0.364. The van der Waals surface area contributed by atoms with Gasteiger partial charge >= 0.3 is 0 Å². The SMILES string of the molecule is CC(NCc1ccn(C)c1)c1ccc(Br)cc1. The summed E-state index contributed by atoms with van der Waals surface area (Å²) in [5.41, 5.74) is 2.63. The molecule has 0 aliphatic rings. The summed E-state index contributed by atoms with van der Waals surface area (Å²) in [6, 6.07) is 11.0. The molecule has 2 rings (SSSR count). The molecule has 3 heteroatoms. The fourth-order valence-corrected chi connectivity index (χ4v) is 2.07. The highest BCUT2D eigenvalue weighted by atomic mass is 79.9. The summed E-state index contributed by atoms with van der Waals surface area (Å²) in [5.74, 6) is 0. The topological polar surface area (TPSA) is 17.0 Å². The highest BCUT2D eigenvalue weighted by Crippen LogP contribution is 2.16. The van der Waals surface area contributed by atoms with Gasteiger partial charge in [-0.05, 0) is 36.2 Å². The Labute approximate surface area is 111 Å². The first kappa shape index (κ1) is 12.4. The number of benzene rings is 1. The molecular formula is C14H17BrN2. The van der Waals surface area contributed by atoms with E-state index in [1.54, 1.807) is 0 Å². The van der Waals surface area contributed by atoms with E-state index in [4.69, 9.17) is 0 Å². The molecule has 1 unspecified atom stereocenters. The van der Waals surface area contributed by atoms with E-state index in [2.05, 4.69) is 75.5 Å². The number of hydrogen-bond acceptors (Lipinski definition) is 1. The fourth-order valence-electron chi connectivity index (χ4n) is 1.81. The predicted molar refractivity (Wildman–Crippen MR) is 74.8 cm³/mol. The van der Waals surface area contributed by atoms with Gasteiger partial charge in [0.1, 0.15) is 0 Å². The lowest BCUT2D eigenvalue weighted by Crippen LogP contribution is -2.17. The van der Waals surface area contributed by atoms with Crippen LogP contribution in [0.4, 0.5) is 0 Å². The molecule has 0 saturated heterocycles. The molecule has 1 aromatic carbocycles. The van der Waals surface area contributed by atoms with E-state index >= 15 is 0 Å². The van der Waals surface area contributed by atoms with E-state index in [1.807, 2.05) is 7.05 Å². The lowest BCUT2D eigenvalue weighted by Gasteiger charge is -2.13. The molecule has 17 heavy (non-hydrogen) atoms. The summed E-state index contributed by atoms with van der Waals surface area (Å²) in [7, 11) is 2.04. The van der Waals surface area contributed by atoms with Crippen molar-refractivity contribution >= 4 is 15.9 Å². The molecule has 90 valence electrons. The van der Waals surface area contributed by atoms with Crippen LogP contribution in [0.2, 0.25) is 0 Å². The number of rotatable bonds is 4. The molecule has 0 spiro atoms. The lowest BCUT2D eigenvalue weighted by atomic mass is 10.1. The van der Waals surface area contributed by atoms with E-state index in [9.17, 15) is 0 Å². The smallest absolute Gasteiger partial charge is 0.0294 e. The number of halogens is 1. The summed E-state index contributed by atoms with van der Waals surface area (Å²) in [5, 5.41) is 3.52. The van der Waals surface area contributed by atoms with Gasteiger partial charge in [0.05, 0.1) is 0 Å². The van der Waals surface area contributed by atoms with Gasteiger partial charge in [-0.1, -0.05) is 28.1 Å². The molecule has 2 nitrogen and oxygen atoms in total. The molecule has 1 heterocycles. The Hall–Kier alpha value is -1.06. The molecule has 0 bridgehead atoms. The van der Waals surface area contributed by atoms with Crippen LogP contribution in [0.3, 0.4) is 0 Å². The van der Waals surface area contributed by atoms with Crippen molar-refractivity contribution in [2.75, 3.05) is 0 Å². The second-order valence-corrected chi connectivity index (χ2v) is 5.26. The van der Waals surface area contributed by atoms with Crippen molar-refractivity contribution in [1.82, 2.24) is 9.88 Å². The minimum Gasteiger partial charge on any atom is -0.357 e. The zero-order valence-electron chi connectivity index (χ0n) is 10.2. The van der Waals surface area contributed by atoms with Gasteiger partial charge in [0.25, 0.3) is 0 Å². The van der Waals surface area contributed by atoms with Crippen molar-refractivity contribution < 1.29 is 0 Å². The molecular weight excluding hydrogens is 276 g/mol. The standard InChI is InChI=1S/C14H17BrN2/c1-11(13-3-5-14(15)6-4-13)16-9-12-7-8-17(2)10-12/h3-8,10-11,16H,9H2,1-2H3. The summed E-state index contributed by atoms with van der Waals surface area (Å²) in [6.45, 7) is 3.09. The molecule has 2 aromatic rings. The van der Waals surface area contributed by atoms with Crippen molar-refractivity contribution in [2.24, 2.45) is 7.05 Å². The molecule has 0 fully saturated rings. The molecule has 1 atom stereocenters. The van der Waals surface area contributed by atoms with Crippen molar-refractivity contribution in [3.8, 4) is 0 Å². The molecule has 0 saturated carbocycles. The monoisotopic (exact) mass is 292 g/mol. The van der Waals surface area contributed by atoms with E-state index in [0.717, 1.165) is 11.0 Å². The fraction of sp³-hybridized carbons (Fsp3) is 0.286. The maximum absolute atomic E-state index is 3.52. The second-order valence-electron chi connectivity index (χ2n) is 4.34. The van der Waals surface area contributed by atoms with Gasteiger partial charge < -0.3 is 9.88 Å². The highest BCUT2D eigenvalue weighted by molar-refractivity contribution is 9.10. The number of aromatic nitrogens is 1. The molecule has 0 aliphatic heterocycles. The average Bonchev–Trinajstić information content (AvgIpc) is 2.73. The van der Waals surface area contributed by atoms with Gasteiger partial charge in [-0.25, -0.2) is 0 Å². The third-order valence-electron chi connectivity index (χ3n) is 2.88. The number of nitrogens with zero attached hydrogens (tertiary/aromatic N) is 1. The van der Waals surface area contributed by atoms with Crippen LogP contribution in [-0.4, -0.2) is 4.57 Å². The van der Waals surface area contributed by atoms with Crippen LogP contribution in [0.15, 0.2) is 47.2 Å². The van der Waals surface area contributed by atoms with E-state index in [1.165, 1.54) is 11.1 Å². The Morgan fingerprint density at radius 3 is 2.53 bits per heavy atom. The summed E-state index contributed by atoms with van der Waals surface area (Å²) >= 11 is 3.45. The average molecular weight is 293 g/mol. The molecule has 1 aromatic heterocycles. The van der Waals surface area contributed by atoms with Crippen LogP contribution >= 0.6 is 15.9 Å². The Balaban J connectivity index is 1.93. The first-order valence-electron chi connectivity index (χ1n) is 5.75. The minimum absolute atomic E-state index is 0.364. The largest absolute Gasteiger partial charge is 0.357 e. The van der Waals surface area contributed by atoms with Gasteiger partial charge in [0, 0.05) is 36.5 Å². The van der Waals surface area contributed by atoms with E-state index in [-0.39, 0.29) is 0 Å². The number of aryl methyl sites for hydroxylation is 1. The maximum Gasteiger partial charge on any atom is 0.0294 e.